The Morgan fingerprint density at radius 2 is 1.91 bits per heavy atom. The first-order valence-electron chi connectivity index (χ1n) is 13.6. The van der Waals surface area contributed by atoms with Crippen molar-refractivity contribution in [3.63, 3.8) is 0 Å². The van der Waals surface area contributed by atoms with E-state index in [0.717, 1.165) is 50.5 Å². The first kappa shape index (κ1) is 27.8. The van der Waals surface area contributed by atoms with Gasteiger partial charge in [0.25, 0.3) is 0 Å². The molecule has 0 saturated heterocycles. The quantitative estimate of drug-likeness (QED) is 0.378. The van der Waals surface area contributed by atoms with Crippen LogP contribution in [0.1, 0.15) is 106 Å². The molecule has 0 amide bonds. The predicted octanol–water partition coefficient (Wildman–Crippen LogP) is 9.21. The maximum absolute atomic E-state index is 14.0. The average Bonchev–Trinajstić information content (AvgIpc) is 3.18. The zero-order valence-electron chi connectivity index (χ0n) is 22.2. The molecule has 4 unspecified atom stereocenters. The summed E-state index contributed by atoms with van der Waals surface area (Å²) in [6, 6.07) is 0. The van der Waals surface area contributed by atoms with Gasteiger partial charge in [0.2, 0.25) is 0 Å². The van der Waals surface area contributed by atoms with E-state index >= 15 is 0 Å². The first-order valence-corrected chi connectivity index (χ1v) is 13.6. The highest BCUT2D eigenvalue weighted by molar-refractivity contribution is 5.39. The van der Waals surface area contributed by atoms with Crippen molar-refractivity contribution in [2.24, 2.45) is 17.3 Å². The Morgan fingerprint density at radius 3 is 2.58 bits per heavy atom. The van der Waals surface area contributed by atoms with Gasteiger partial charge in [0.05, 0.1) is 5.60 Å². The second-order valence-corrected chi connectivity index (χ2v) is 10.4. The summed E-state index contributed by atoms with van der Waals surface area (Å²) < 4.78 is 14.0. The van der Waals surface area contributed by atoms with Gasteiger partial charge in [-0.25, -0.2) is 4.39 Å². The van der Waals surface area contributed by atoms with E-state index in [2.05, 4.69) is 44.7 Å². The van der Waals surface area contributed by atoms with Crippen LogP contribution in [-0.4, -0.2) is 16.9 Å². The Hall–Kier alpha value is -1.41. The SMILES string of the molecule is C=C1/C(=C\C=C2/CCCC3(C)C(C(C)C/C=C/C(O)(CC)CC)=CCC23)CCCC1F.CC. The number of allylic oxidation sites excluding steroid dienone is 8. The Morgan fingerprint density at radius 1 is 1.21 bits per heavy atom. The largest absolute Gasteiger partial charge is 0.386 e. The molecule has 3 rings (SSSR count). The molecule has 3 aliphatic carbocycles. The predicted molar refractivity (Wildman–Crippen MR) is 142 cm³/mol. The van der Waals surface area contributed by atoms with Crippen molar-refractivity contribution in [1.29, 1.82) is 0 Å². The maximum atomic E-state index is 14.0. The van der Waals surface area contributed by atoms with Gasteiger partial charge in [0.1, 0.15) is 6.17 Å². The van der Waals surface area contributed by atoms with Crippen molar-refractivity contribution < 1.29 is 9.50 Å². The third kappa shape index (κ3) is 6.38. The molecule has 1 N–H and O–H groups in total. The van der Waals surface area contributed by atoms with Crippen LogP contribution in [0.2, 0.25) is 0 Å². The van der Waals surface area contributed by atoms with Gasteiger partial charge in [0, 0.05) is 0 Å². The molecule has 0 heterocycles. The van der Waals surface area contributed by atoms with E-state index in [0.29, 0.717) is 23.8 Å². The molecule has 2 fully saturated rings. The Labute approximate surface area is 203 Å². The molecule has 186 valence electrons. The number of halogens is 1. The van der Waals surface area contributed by atoms with Crippen LogP contribution in [0.25, 0.3) is 0 Å². The number of hydrogen-bond acceptors (Lipinski definition) is 1. The number of fused-ring (bicyclic) bond motifs is 1. The van der Waals surface area contributed by atoms with Gasteiger partial charge < -0.3 is 5.11 Å². The number of aliphatic hydroxyl groups is 1. The summed E-state index contributed by atoms with van der Waals surface area (Å²) in [5.41, 5.74) is 4.52. The van der Waals surface area contributed by atoms with Crippen LogP contribution in [-0.2, 0) is 0 Å². The minimum Gasteiger partial charge on any atom is -0.386 e. The second-order valence-electron chi connectivity index (χ2n) is 10.4. The summed E-state index contributed by atoms with van der Waals surface area (Å²) in [7, 11) is 0. The van der Waals surface area contributed by atoms with Gasteiger partial charge in [-0.3, -0.25) is 0 Å². The lowest BCUT2D eigenvalue weighted by atomic mass is 9.62. The van der Waals surface area contributed by atoms with E-state index in [1.165, 1.54) is 18.4 Å². The van der Waals surface area contributed by atoms with E-state index in [1.807, 2.05) is 33.8 Å². The minimum absolute atomic E-state index is 0.230. The molecule has 1 nitrogen and oxygen atoms in total. The lowest BCUT2D eigenvalue weighted by Gasteiger charge is -2.42. The van der Waals surface area contributed by atoms with Crippen LogP contribution < -0.4 is 0 Å². The van der Waals surface area contributed by atoms with E-state index < -0.39 is 11.8 Å². The van der Waals surface area contributed by atoms with Gasteiger partial charge >= 0.3 is 0 Å². The second kappa shape index (κ2) is 12.3. The summed E-state index contributed by atoms with van der Waals surface area (Å²) in [4.78, 5) is 0. The molecule has 0 radical (unpaired) electrons. The Balaban J connectivity index is 0.00000187. The summed E-state index contributed by atoms with van der Waals surface area (Å²) in [6.07, 6.45) is 20.1. The van der Waals surface area contributed by atoms with Crippen molar-refractivity contribution in [2.75, 3.05) is 0 Å². The highest BCUT2D eigenvalue weighted by Crippen LogP contribution is 2.57. The maximum Gasteiger partial charge on any atom is 0.125 e. The minimum atomic E-state index is -0.859. The van der Waals surface area contributed by atoms with Crippen LogP contribution in [0.5, 0.6) is 0 Å². The average molecular weight is 457 g/mol. The van der Waals surface area contributed by atoms with Crippen LogP contribution in [0.3, 0.4) is 0 Å². The monoisotopic (exact) mass is 456 g/mol. The molecule has 0 aromatic heterocycles. The molecule has 0 aliphatic heterocycles. The molecule has 3 aliphatic rings. The van der Waals surface area contributed by atoms with Gasteiger partial charge in [-0.1, -0.05) is 89.6 Å². The molecule has 0 aromatic carbocycles. The van der Waals surface area contributed by atoms with E-state index in [9.17, 15) is 9.50 Å². The van der Waals surface area contributed by atoms with Crippen molar-refractivity contribution in [3.8, 4) is 0 Å². The third-order valence-corrected chi connectivity index (χ3v) is 8.48. The summed E-state index contributed by atoms with van der Waals surface area (Å²) >= 11 is 0. The van der Waals surface area contributed by atoms with Crippen LogP contribution in [0, 0.1) is 17.3 Å². The van der Waals surface area contributed by atoms with E-state index in [4.69, 9.17) is 0 Å². The van der Waals surface area contributed by atoms with E-state index in [1.54, 1.807) is 5.57 Å². The fourth-order valence-corrected chi connectivity index (χ4v) is 6.13. The standard InChI is InChI=1S/C29H43FO.C2H6/c1-6-29(31,7-2)20-9-11-21(3)25-17-18-26-24(13-10-19-28(25,26)5)16-15-23-12-8-14-27(30)22(23)4;1-2/h9,15-17,20-21,26-27,31H,4,6-8,10-14,18-19H2,1-3,5H3;1-2H3/b20-9+,23-15-,24-16+;. The number of rotatable bonds is 7. The number of hydrogen-bond donors (Lipinski definition) is 1. The van der Waals surface area contributed by atoms with Crippen LogP contribution in [0.4, 0.5) is 4.39 Å². The molecule has 2 saturated carbocycles. The smallest absolute Gasteiger partial charge is 0.125 e. The van der Waals surface area contributed by atoms with Gasteiger partial charge in [-0.05, 0) is 92.6 Å². The van der Waals surface area contributed by atoms with Crippen molar-refractivity contribution in [1.82, 2.24) is 0 Å². The molecule has 33 heavy (non-hydrogen) atoms. The third-order valence-electron chi connectivity index (χ3n) is 8.48. The highest BCUT2D eigenvalue weighted by Gasteiger charge is 2.45. The first-order chi connectivity index (χ1) is 15.7. The fourth-order valence-electron chi connectivity index (χ4n) is 6.13. The lowest BCUT2D eigenvalue weighted by Crippen LogP contribution is -2.32. The summed E-state index contributed by atoms with van der Waals surface area (Å²) in [5, 5.41) is 10.5. The molecule has 0 aromatic rings. The normalized spacial score (nSPS) is 31.4. The van der Waals surface area contributed by atoms with Crippen molar-refractivity contribution >= 4 is 0 Å². The van der Waals surface area contributed by atoms with Crippen molar-refractivity contribution in [2.45, 2.75) is 118 Å². The van der Waals surface area contributed by atoms with Gasteiger partial charge in [-0.2, -0.15) is 0 Å². The molecule has 0 spiro atoms. The van der Waals surface area contributed by atoms with Crippen LogP contribution in [0.15, 0.2) is 59.3 Å². The van der Waals surface area contributed by atoms with Crippen molar-refractivity contribution in [3.05, 3.63) is 59.3 Å². The highest BCUT2D eigenvalue weighted by atomic mass is 19.1. The van der Waals surface area contributed by atoms with Gasteiger partial charge in [-0.15, -0.1) is 0 Å². The fraction of sp³-hybridized carbons (Fsp3) is 0.677. The van der Waals surface area contributed by atoms with Crippen LogP contribution >= 0.6 is 0 Å². The van der Waals surface area contributed by atoms with Gasteiger partial charge in [0.15, 0.2) is 0 Å². The Kier molecular flexibility index (Phi) is 10.4. The van der Waals surface area contributed by atoms with E-state index in [-0.39, 0.29) is 5.41 Å². The summed E-state index contributed by atoms with van der Waals surface area (Å²) in [5.74, 6) is 1.06. The topological polar surface area (TPSA) is 20.2 Å². The molecule has 4 atom stereocenters. The summed E-state index contributed by atoms with van der Waals surface area (Å²) in [6.45, 7) is 16.9. The zero-order chi connectivity index (χ0) is 24.6. The molecule has 0 bridgehead atoms. The molecular formula is C31H49FO. The number of alkyl halides is 1. The molecule has 2 heteroatoms. The lowest BCUT2D eigenvalue weighted by molar-refractivity contribution is 0.0824. The Bertz CT molecular complexity index is 779. The zero-order valence-corrected chi connectivity index (χ0v) is 22.2. The molecular weight excluding hydrogens is 407 g/mol.